The summed E-state index contributed by atoms with van der Waals surface area (Å²) in [5.74, 6) is 0. The van der Waals surface area contributed by atoms with E-state index in [2.05, 4.69) is 54.9 Å². The molecule has 3 nitrogen and oxygen atoms in total. The Morgan fingerprint density at radius 1 is 0.545 bits per heavy atom. The third-order valence-electron chi connectivity index (χ3n) is 4.96. The molecule has 0 unspecified atom stereocenters. The van der Waals surface area contributed by atoms with Crippen molar-refractivity contribution in [2.45, 2.75) is 64.3 Å². The van der Waals surface area contributed by atoms with Gasteiger partial charge in [0, 0.05) is 0 Å². The van der Waals surface area contributed by atoms with E-state index in [0.29, 0.717) is 0 Å². The zero-order chi connectivity index (χ0) is 16.8. The van der Waals surface area contributed by atoms with Crippen LogP contribution in [0.3, 0.4) is 0 Å². The third-order valence-corrected chi connectivity index (χ3v) is 13.4. The van der Waals surface area contributed by atoms with Crippen molar-refractivity contribution in [1.82, 2.24) is 13.4 Å². The second-order valence-corrected chi connectivity index (χ2v) is 13.0. The van der Waals surface area contributed by atoms with Crippen molar-refractivity contribution in [3.8, 4) is 0 Å². The van der Waals surface area contributed by atoms with E-state index in [-0.39, 0.29) is 0 Å². The van der Waals surface area contributed by atoms with Crippen LogP contribution in [0, 0.1) is 0 Å². The van der Waals surface area contributed by atoms with Gasteiger partial charge in [-0.2, -0.15) is 0 Å². The number of hydrogen-bond acceptors (Lipinski definition) is 3. The first kappa shape index (κ1) is 22.5. The van der Waals surface area contributed by atoms with Gasteiger partial charge in [-0.1, -0.05) is 0 Å². The van der Waals surface area contributed by atoms with Crippen LogP contribution in [0.5, 0.6) is 0 Å². The number of likely N-dealkylation sites (N-methyl/N-ethyl adjacent to an activating group) is 2. The Bertz CT molecular complexity index is 208. The van der Waals surface area contributed by atoms with Crippen molar-refractivity contribution < 1.29 is 0 Å². The minimum absolute atomic E-state index is 1.19. The van der Waals surface area contributed by atoms with E-state index in [1.54, 1.807) is 0 Å². The molecule has 0 bridgehead atoms. The summed E-state index contributed by atoms with van der Waals surface area (Å²) in [6.07, 6.45) is 2.77. The number of rotatable bonds is 15. The van der Waals surface area contributed by atoms with Crippen molar-refractivity contribution in [3.05, 3.63) is 0 Å². The number of nitrogens with zero attached hydrogens (tertiary/aromatic N) is 3. The molecule has 132 valence electrons. The molecule has 0 rings (SSSR count). The maximum atomic E-state index is 2.97. The van der Waals surface area contributed by atoms with Crippen LogP contribution in [0.25, 0.3) is 0 Å². The first-order valence-electron chi connectivity index (χ1n) is 9.85. The second-order valence-electron chi connectivity index (χ2n) is 6.32. The van der Waals surface area contributed by atoms with Crippen LogP contribution in [0.15, 0.2) is 0 Å². The summed E-state index contributed by atoms with van der Waals surface area (Å²) in [6.45, 7) is 23.9. The molecule has 22 heavy (non-hydrogen) atoms. The van der Waals surface area contributed by atoms with Crippen molar-refractivity contribution in [2.24, 2.45) is 0 Å². The van der Waals surface area contributed by atoms with Crippen LogP contribution in [0.2, 0.25) is 9.95 Å². The molecule has 0 aromatic heterocycles. The second kappa shape index (κ2) is 15.1. The fourth-order valence-corrected chi connectivity index (χ4v) is 10.2. The first-order chi connectivity index (χ1) is 10.7. The summed E-state index contributed by atoms with van der Waals surface area (Å²) in [7, 11) is 0. The SMILES string of the molecule is CC[CH2][Ga]([CH2]CC)[N](CCN(CC)CC)CCN(CC)CC. The Morgan fingerprint density at radius 2 is 0.909 bits per heavy atom. The van der Waals surface area contributed by atoms with Crippen LogP contribution >= 0.6 is 0 Å². The zero-order valence-electron chi connectivity index (χ0n) is 16.4. The van der Waals surface area contributed by atoms with Crippen molar-refractivity contribution in [2.75, 3.05) is 52.4 Å². The van der Waals surface area contributed by atoms with Crippen LogP contribution in [-0.4, -0.2) is 82.2 Å². The molecule has 0 heterocycles. The standard InChI is InChI=1S/C12H28N3.2C3H7.Ga/c1-5-14(6-2)11-9-13-10-12-15(7-3)8-4;2*1-3-2;/h5-12H2,1-4H3;2*1,3H2,2H3;/q-1;;;+1. The van der Waals surface area contributed by atoms with Crippen LogP contribution in [0.1, 0.15) is 54.4 Å². The van der Waals surface area contributed by atoms with E-state index in [1.807, 2.05) is 0 Å². The summed E-state index contributed by atoms with van der Waals surface area (Å²) in [6, 6.07) is 0. The molecule has 0 aromatic rings. The number of hydrogen-bond donors (Lipinski definition) is 0. The summed E-state index contributed by atoms with van der Waals surface area (Å²) in [5, 5.41) is 0. The van der Waals surface area contributed by atoms with Crippen molar-refractivity contribution in [3.63, 3.8) is 0 Å². The average Bonchev–Trinajstić information content (AvgIpc) is 2.54. The van der Waals surface area contributed by atoms with E-state index < -0.39 is 16.5 Å². The quantitative estimate of drug-likeness (QED) is 0.406. The van der Waals surface area contributed by atoms with Gasteiger partial charge < -0.3 is 0 Å². The van der Waals surface area contributed by atoms with Crippen LogP contribution < -0.4 is 0 Å². The average molecular weight is 370 g/mol. The normalized spacial score (nSPS) is 11.9. The summed E-state index contributed by atoms with van der Waals surface area (Å²) in [4.78, 5) is 8.25. The Morgan fingerprint density at radius 3 is 1.18 bits per heavy atom. The van der Waals surface area contributed by atoms with Gasteiger partial charge >= 0.3 is 147 Å². The van der Waals surface area contributed by atoms with Gasteiger partial charge in [0.25, 0.3) is 0 Å². The van der Waals surface area contributed by atoms with E-state index in [0.717, 1.165) is 0 Å². The topological polar surface area (TPSA) is 9.72 Å². The van der Waals surface area contributed by atoms with Gasteiger partial charge in [-0.15, -0.1) is 0 Å². The zero-order valence-corrected chi connectivity index (χ0v) is 18.8. The van der Waals surface area contributed by atoms with Crippen molar-refractivity contribution >= 4 is 16.5 Å². The van der Waals surface area contributed by atoms with Gasteiger partial charge in [0.15, 0.2) is 0 Å². The molecule has 0 aromatic carbocycles. The first-order valence-corrected chi connectivity index (χ1v) is 14.4. The Labute approximate surface area is 146 Å². The Hall–Kier alpha value is 0.516. The Balaban J connectivity index is 4.63. The molecule has 0 aliphatic rings. The molecular formula is C18H42GaN3. The third kappa shape index (κ3) is 9.61. The molecule has 0 fully saturated rings. The van der Waals surface area contributed by atoms with Crippen LogP contribution in [-0.2, 0) is 0 Å². The molecule has 4 heteroatoms. The molecule has 0 atom stereocenters. The molecule has 0 amide bonds. The van der Waals surface area contributed by atoms with E-state index in [4.69, 9.17) is 0 Å². The molecule has 0 saturated heterocycles. The molecule has 0 saturated carbocycles. The van der Waals surface area contributed by atoms with Gasteiger partial charge in [-0.3, -0.25) is 0 Å². The molecule has 0 radical (unpaired) electrons. The molecule has 0 aliphatic heterocycles. The fourth-order valence-electron chi connectivity index (χ4n) is 3.27. The molecule has 0 N–H and O–H groups in total. The monoisotopic (exact) mass is 369 g/mol. The predicted molar refractivity (Wildman–Crippen MR) is 103 cm³/mol. The molecule has 0 spiro atoms. The van der Waals surface area contributed by atoms with Crippen LogP contribution in [0.4, 0.5) is 0 Å². The van der Waals surface area contributed by atoms with Gasteiger partial charge in [-0.05, 0) is 0 Å². The Kier molecular flexibility index (Phi) is 15.4. The van der Waals surface area contributed by atoms with E-state index in [1.165, 1.54) is 75.1 Å². The summed E-state index contributed by atoms with van der Waals surface area (Å²) < 4.78 is 2.97. The fraction of sp³-hybridized carbons (Fsp3) is 1.00. The van der Waals surface area contributed by atoms with E-state index in [9.17, 15) is 0 Å². The predicted octanol–water partition coefficient (Wildman–Crippen LogP) is 3.78. The van der Waals surface area contributed by atoms with Crippen molar-refractivity contribution in [1.29, 1.82) is 0 Å². The maximum absolute atomic E-state index is 2.97. The van der Waals surface area contributed by atoms with Gasteiger partial charge in [0.1, 0.15) is 0 Å². The van der Waals surface area contributed by atoms with Gasteiger partial charge in [-0.25, -0.2) is 0 Å². The van der Waals surface area contributed by atoms with E-state index >= 15 is 0 Å². The van der Waals surface area contributed by atoms with Gasteiger partial charge in [0.05, 0.1) is 0 Å². The molecular weight excluding hydrogens is 328 g/mol. The summed E-state index contributed by atoms with van der Waals surface area (Å²) >= 11 is -1.26. The molecule has 0 aliphatic carbocycles. The minimum atomic E-state index is -1.26. The summed E-state index contributed by atoms with van der Waals surface area (Å²) in [5.41, 5.74) is 0. The van der Waals surface area contributed by atoms with Gasteiger partial charge in [0.2, 0.25) is 0 Å².